The Labute approximate surface area is 227 Å². The van der Waals surface area contributed by atoms with Crippen molar-refractivity contribution in [2.75, 3.05) is 4.90 Å². The number of carbonyl (C=O) groups is 2. The zero-order valence-corrected chi connectivity index (χ0v) is 22.0. The minimum absolute atomic E-state index is 0.0336. The topological polar surface area (TPSA) is 82.1 Å². The molecule has 0 fully saturated rings. The van der Waals surface area contributed by atoms with Crippen molar-refractivity contribution >= 4 is 63.6 Å². The Morgan fingerprint density at radius 1 is 0.946 bits per heavy atom. The van der Waals surface area contributed by atoms with E-state index in [1.165, 1.54) is 16.8 Å². The van der Waals surface area contributed by atoms with Crippen LogP contribution < -0.4 is 14.6 Å². The fourth-order valence-corrected chi connectivity index (χ4v) is 4.78. The number of amides is 2. The Kier molecular flexibility index (Phi) is 6.54. The number of nitrogens with zero attached hydrogens (tertiary/aromatic N) is 4. The highest BCUT2D eigenvalue weighted by molar-refractivity contribution is 6.53. The molecule has 1 aliphatic heterocycles. The van der Waals surface area contributed by atoms with Crippen LogP contribution in [0.1, 0.15) is 23.7 Å². The number of hydrogen-bond acceptors (Lipinski definition) is 4. The highest BCUT2D eigenvalue weighted by Gasteiger charge is 2.47. The van der Waals surface area contributed by atoms with Gasteiger partial charge >= 0.3 is 5.91 Å². The SMILES string of the molecule is CCc1nn(-c2ccc(Cl)c(Cl)c2)c([O-])c1C1=C([n+]2cccc(C)c2)C(=O)N(c2cccc(Cl)c2)C1=O. The molecule has 0 atom stereocenters. The highest BCUT2D eigenvalue weighted by atomic mass is 35.5. The predicted molar refractivity (Wildman–Crippen MR) is 141 cm³/mol. The average molecular weight is 554 g/mol. The summed E-state index contributed by atoms with van der Waals surface area (Å²) in [4.78, 5) is 28.8. The quantitative estimate of drug-likeness (QED) is 0.257. The van der Waals surface area contributed by atoms with E-state index >= 15 is 0 Å². The molecule has 1 aliphatic rings. The maximum atomic E-state index is 13.9. The van der Waals surface area contributed by atoms with Crippen molar-refractivity contribution in [3.05, 3.63) is 98.9 Å². The van der Waals surface area contributed by atoms with Crippen LogP contribution in [0.5, 0.6) is 5.88 Å². The Balaban J connectivity index is 1.78. The zero-order valence-electron chi connectivity index (χ0n) is 19.7. The summed E-state index contributed by atoms with van der Waals surface area (Å²) >= 11 is 18.4. The van der Waals surface area contributed by atoms with E-state index in [2.05, 4.69) is 5.10 Å². The molecule has 0 saturated carbocycles. The fourth-order valence-electron chi connectivity index (χ4n) is 4.30. The van der Waals surface area contributed by atoms with Gasteiger partial charge in [0.15, 0.2) is 12.4 Å². The first-order valence-electron chi connectivity index (χ1n) is 11.3. The molecule has 4 aromatic rings. The highest BCUT2D eigenvalue weighted by Crippen LogP contribution is 2.39. The molecule has 3 heterocycles. The van der Waals surface area contributed by atoms with Crippen molar-refractivity contribution in [3.63, 3.8) is 0 Å². The predicted octanol–water partition coefficient (Wildman–Crippen LogP) is 5.01. The summed E-state index contributed by atoms with van der Waals surface area (Å²) in [5, 5.41) is 19.2. The van der Waals surface area contributed by atoms with E-state index in [0.29, 0.717) is 33.5 Å². The van der Waals surface area contributed by atoms with Gasteiger partial charge in [0.05, 0.1) is 27.1 Å². The van der Waals surface area contributed by atoms with E-state index < -0.39 is 17.7 Å². The number of imide groups is 1. The first-order valence-corrected chi connectivity index (χ1v) is 12.5. The van der Waals surface area contributed by atoms with Crippen molar-refractivity contribution in [3.8, 4) is 11.6 Å². The summed E-state index contributed by atoms with van der Waals surface area (Å²) in [7, 11) is 0. The van der Waals surface area contributed by atoms with Gasteiger partial charge in [-0.2, -0.15) is 9.67 Å². The van der Waals surface area contributed by atoms with Crippen LogP contribution in [0.15, 0.2) is 67.0 Å². The second kappa shape index (κ2) is 9.67. The van der Waals surface area contributed by atoms with Gasteiger partial charge in [0.25, 0.3) is 11.6 Å². The molecule has 0 saturated heterocycles. The molecule has 10 heteroatoms. The lowest BCUT2D eigenvalue weighted by molar-refractivity contribution is -0.577. The lowest BCUT2D eigenvalue weighted by atomic mass is 10.0. The second-order valence-electron chi connectivity index (χ2n) is 8.43. The molecule has 0 radical (unpaired) electrons. The first kappa shape index (κ1) is 25.0. The summed E-state index contributed by atoms with van der Waals surface area (Å²) in [6.07, 6.45) is 3.72. The third-order valence-electron chi connectivity index (χ3n) is 5.98. The van der Waals surface area contributed by atoms with Crippen LogP contribution in [-0.2, 0) is 16.0 Å². The Hall–Kier alpha value is -3.65. The van der Waals surface area contributed by atoms with Gasteiger partial charge in [-0.15, -0.1) is 0 Å². The lowest BCUT2D eigenvalue weighted by Crippen LogP contribution is -2.39. The van der Waals surface area contributed by atoms with Crippen molar-refractivity contribution in [2.24, 2.45) is 0 Å². The van der Waals surface area contributed by atoms with E-state index in [1.807, 2.05) is 19.9 Å². The van der Waals surface area contributed by atoms with Crippen molar-refractivity contribution in [1.29, 1.82) is 0 Å². The van der Waals surface area contributed by atoms with Gasteiger partial charge in [-0.1, -0.05) is 47.8 Å². The molecule has 0 aliphatic carbocycles. The Bertz CT molecular complexity index is 1630. The van der Waals surface area contributed by atoms with Gasteiger partial charge in [0.1, 0.15) is 5.57 Å². The number of pyridine rings is 1. The normalized spacial score (nSPS) is 13.7. The van der Waals surface area contributed by atoms with Crippen molar-refractivity contribution in [2.45, 2.75) is 20.3 Å². The Morgan fingerprint density at radius 2 is 1.73 bits per heavy atom. The summed E-state index contributed by atoms with van der Waals surface area (Å²) in [5.41, 5.74) is 1.98. The van der Waals surface area contributed by atoms with Crippen LogP contribution in [0.2, 0.25) is 15.1 Å². The van der Waals surface area contributed by atoms with Crippen molar-refractivity contribution < 1.29 is 19.3 Å². The molecule has 0 unspecified atom stereocenters. The lowest BCUT2D eigenvalue weighted by Gasteiger charge is -2.16. The van der Waals surface area contributed by atoms with Gasteiger partial charge in [-0.05, 0) is 61.7 Å². The number of halogens is 3. The smallest absolute Gasteiger partial charge is 0.331 e. The van der Waals surface area contributed by atoms with Crippen LogP contribution >= 0.6 is 34.8 Å². The van der Waals surface area contributed by atoms with Gasteiger partial charge in [-0.3, -0.25) is 9.59 Å². The van der Waals surface area contributed by atoms with Crippen molar-refractivity contribution in [1.82, 2.24) is 9.78 Å². The standard InChI is InChI=1S/C27H19Cl3N4O3/c1-3-21-22(26(36)34(31-21)18-9-10-19(29)20(30)13-18)23-24(32-11-5-6-15(2)14-32)27(37)33(25(23)35)17-8-4-7-16(28)12-17/h4-14H,3H2,1-2H3. The largest absolute Gasteiger partial charge is 0.858 e. The molecule has 186 valence electrons. The van der Waals surface area contributed by atoms with E-state index in [9.17, 15) is 14.7 Å². The van der Waals surface area contributed by atoms with E-state index in [-0.39, 0.29) is 21.9 Å². The molecule has 0 spiro atoms. The number of benzene rings is 2. The van der Waals surface area contributed by atoms with E-state index in [4.69, 9.17) is 34.8 Å². The minimum atomic E-state index is -0.642. The molecule has 7 nitrogen and oxygen atoms in total. The number of aryl methyl sites for hydroxylation is 2. The molecule has 2 amide bonds. The number of carbonyl (C=O) groups excluding carboxylic acids is 2. The van der Waals surface area contributed by atoms with Gasteiger partial charge < -0.3 is 5.11 Å². The van der Waals surface area contributed by atoms with Gasteiger partial charge in [0, 0.05) is 22.2 Å². The molecule has 0 bridgehead atoms. The monoisotopic (exact) mass is 552 g/mol. The molecular weight excluding hydrogens is 535 g/mol. The molecular formula is C27H19Cl3N4O3. The first-order chi connectivity index (χ1) is 17.7. The molecule has 2 aromatic carbocycles. The van der Waals surface area contributed by atoms with Crippen LogP contribution in [0, 0.1) is 6.92 Å². The third-order valence-corrected chi connectivity index (χ3v) is 6.95. The van der Waals surface area contributed by atoms with Crippen LogP contribution in [0.4, 0.5) is 5.69 Å². The Morgan fingerprint density at radius 3 is 2.41 bits per heavy atom. The maximum Gasteiger partial charge on any atom is 0.331 e. The van der Waals surface area contributed by atoms with Crippen LogP contribution in [0.25, 0.3) is 17.0 Å². The summed E-state index contributed by atoms with van der Waals surface area (Å²) < 4.78 is 2.73. The molecule has 37 heavy (non-hydrogen) atoms. The van der Waals surface area contributed by atoms with Crippen LogP contribution in [0.3, 0.4) is 0 Å². The number of aromatic nitrogens is 3. The third kappa shape index (κ3) is 4.29. The summed E-state index contributed by atoms with van der Waals surface area (Å²) in [6, 6.07) is 14.7. The number of hydrogen-bond donors (Lipinski definition) is 0. The number of rotatable bonds is 5. The number of anilines is 1. The zero-order chi connectivity index (χ0) is 26.4. The summed E-state index contributed by atoms with van der Waals surface area (Å²) in [6.45, 7) is 3.69. The van der Waals surface area contributed by atoms with Gasteiger partial charge in [-0.25, -0.2) is 9.58 Å². The van der Waals surface area contributed by atoms with E-state index in [1.54, 1.807) is 53.4 Å². The van der Waals surface area contributed by atoms with Crippen LogP contribution in [-0.4, -0.2) is 21.6 Å². The maximum absolute atomic E-state index is 13.9. The second-order valence-corrected chi connectivity index (χ2v) is 9.68. The minimum Gasteiger partial charge on any atom is -0.858 e. The summed E-state index contributed by atoms with van der Waals surface area (Å²) in [5.74, 6) is -1.77. The van der Waals surface area contributed by atoms with E-state index in [0.717, 1.165) is 10.5 Å². The molecule has 5 rings (SSSR count). The molecule has 2 aromatic heterocycles. The average Bonchev–Trinajstić information content (AvgIpc) is 3.32. The fraction of sp³-hybridized carbons (Fsp3) is 0.111. The van der Waals surface area contributed by atoms with Gasteiger partial charge in [0.2, 0.25) is 0 Å². The molecule has 0 N–H and O–H groups in total.